The summed E-state index contributed by atoms with van der Waals surface area (Å²) in [6.07, 6.45) is 0.379. The van der Waals surface area contributed by atoms with Crippen LogP contribution in [0.1, 0.15) is 44.3 Å². The van der Waals surface area contributed by atoms with Crippen LogP contribution in [-0.2, 0) is 17.8 Å². The number of anilines is 1. The highest BCUT2D eigenvalue weighted by atomic mass is 35.5. The number of aryl methyl sites for hydroxylation is 1. The van der Waals surface area contributed by atoms with E-state index >= 15 is 0 Å². The van der Waals surface area contributed by atoms with Gasteiger partial charge >= 0.3 is 6.03 Å². The quantitative estimate of drug-likeness (QED) is 0.234. The number of H-pyrrole nitrogens is 1. The van der Waals surface area contributed by atoms with Gasteiger partial charge in [-0.15, -0.1) is 0 Å². The zero-order valence-corrected chi connectivity index (χ0v) is 23.6. The monoisotopic (exact) mass is 574 g/mol. The Balaban J connectivity index is 1.29. The van der Waals surface area contributed by atoms with Gasteiger partial charge < -0.3 is 10.3 Å². The summed E-state index contributed by atoms with van der Waals surface area (Å²) in [4.78, 5) is 48.4. The topological polar surface area (TPSA) is 85.5 Å². The van der Waals surface area contributed by atoms with Crippen LogP contribution in [0.2, 0.25) is 5.02 Å². The first kappa shape index (κ1) is 26.0. The Labute approximate surface area is 247 Å². The third-order valence-corrected chi connectivity index (χ3v) is 8.69. The van der Waals surface area contributed by atoms with Crippen molar-refractivity contribution in [2.45, 2.75) is 32.0 Å². The lowest BCUT2D eigenvalue weighted by molar-refractivity contribution is -0.120. The molecule has 7 nitrogen and oxygen atoms in total. The molecule has 208 valence electrons. The van der Waals surface area contributed by atoms with E-state index in [1.807, 2.05) is 73.7 Å². The fourth-order valence-corrected chi connectivity index (χ4v) is 6.49. The molecule has 1 fully saturated rings. The third-order valence-electron chi connectivity index (χ3n) is 8.32. The summed E-state index contributed by atoms with van der Waals surface area (Å²) < 4.78 is 0. The van der Waals surface area contributed by atoms with Gasteiger partial charge in [0.25, 0.3) is 11.8 Å². The molecule has 0 radical (unpaired) electrons. The van der Waals surface area contributed by atoms with Gasteiger partial charge in [0.1, 0.15) is 12.1 Å². The van der Waals surface area contributed by atoms with Crippen LogP contribution in [0, 0.1) is 6.92 Å². The Morgan fingerprint density at radius 3 is 2.48 bits per heavy atom. The number of urea groups is 1. The third kappa shape index (κ3) is 4.08. The van der Waals surface area contributed by atoms with Crippen LogP contribution < -0.4 is 10.2 Å². The van der Waals surface area contributed by atoms with E-state index in [2.05, 4.69) is 10.3 Å². The summed E-state index contributed by atoms with van der Waals surface area (Å²) in [5.74, 6) is -0.747. The van der Waals surface area contributed by atoms with Crippen molar-refractivity contribution < 1.29 is 14.4 Å². The van der Waals surface area contributed by atoms with Crippen molar-refractivity contribution in [3.05, 3.63) is 136 Å². The minimum Gasteiger partial charge on any atom is -0.356 e. The van der Waals surface area contributed by atoms with Crippen molar-refractivity contribution in [3.63, 3.8) is 0 Å². The zero-order valence-electron chi connectivity index (χ0n) is 22.8. The summed E-state index contributed by atoms with van der Waals surface area (Å²) in [5, 5.41) is 4.49. The van der Waals surface area contributed by atoms with Gasteiger partial charge in [0.2, 0.25) is 0 Å². The van der Waals surface area contributed by atoms with Crippen LogP contribution in [0.5, 0.6) is 0 Å². The van der Waals surface area contributed by atoms with Crippen LogP contribution in [0.3, 0.4) is 0 Å². The average molecular weight is 575 g/mol. The van der Waals surface area contributed by atoms with Gasteiger partial charge in [-0.3, -0.25) is 14.5 Å². The number of carbonyl (C=O) groups excluding carboxylic acids is 3. The summed E-state index contributed by atoms with van der Waals surface area (Å²) in [7, 11) is 0. The molecule has 4 aromatic carbocycles. The molecule has 4 amide bonds. The highest BCUT2D eigenvalue weighted by molar-refractivity contribution is 6.31. The molecule has 3 heterocycles. The average Bonchev–Trinajstić information content (AvgIpc) is 3.50. The van der Waals surface area contributed by atoms with E-state index in [0.717, 1.165) is 38.9 Å². The van der Waals surface area contributed by atoms with Crippen molar-refractivity contribution in [2.75, 3.05) is 4.90 Å². The maximum absolute atomic E-state index is 14.3. The minimum absolute atomic E-state index is 0.209. The lowest BCUT2D eigenvalue weighted by atomic mass is 9.87. The molecule has 1 unspecified atom stereocenters. The molecule has 1 saturated heterocycles. The number of amides is 4. The Morgan fingerprint density at radius 1 is 0.929 bits per heavy atom. The van der Waals surface area contributed by atoms with Crippen molar-refractivity contribution in [3.8, 4) is 0 Å². The standard InChI is InChI=1S/C34H27ClN4O3/c1-20-10-2-4-12-22(20)31-30-25(23-13-5-8-16-27(23)37-30)18-29-33(41)39(34(42)38(29)31)28-17-9-6-14-24(28)32(40)36-19-21-11-3-7-15-26(21)35/h2-17,29,31,37H,18-19H2,1H3,(H,36,40)/t29-,31?/m0/s1. The summed E-state index contributed by atoms with van der Waals surface area (Å²) in [5.41, 5.74) is 6.15. The van der Waals surface area contributed by atoms with Gasteiger partial charge in [-0.05, 0) is 53.4 Å². The molecule has 2 aliphatic rings. The molecule has 0 bridgehead atoms. The van der Waals surface area contributed by atoms with E-state index in [0.29, 0.717) is 11.4 Å². The van der Waals surface area contributed by atoms with Gasteiger partial charge in [0.15, 0.2) is 0 Å². The molecule has 2 atom stereocenters. The Bertz CT molecular complexity index is 1900. The minimum atomic E-state index is -0.715. The van der Waals surface area contributed by atoms with E-state index in [-0.39, 0.29) is 23.7 Å². The fourth-order valence-electron chi connectivity index (χ4n) is 6.29. The first-order valence-corrected chi connectivity index (χ1v) is 14.2. The number of hydrogen-bond acceptors (Lipinski definition) is 3. The molecule has 0 spiro atoms. The van der Waals surface area contributed by atoms with Crippen molar-refractivity contribution in [1.82, 2.24) is 15.2 Å². The molecule has 2 N–H and O–H groups in total. The molecule has 2 aliphatic heterocycles. The molecular formula is C34H27ClN4O3. The zero-order chi connectivity index (χ0) is 29.0. The smallest absolute Gasteiger partial charge is 0.332 e. The maximum Gasteiger partial charge on any atom is 0.332 e. The second kappa shape index (κ2) is 10.2. The number of fused-ring (bicyclic) bond motifs is 4. The second-order valence-electron chi connectivity index (χ2n) is 10.7. The number of hydrogen-bond donors (Lipinski definition) is 2. The van der Waals surface area contributed by atoms with Crippen LogP contribution in [0.4, 0.5) is 10.5 Å². The molecule has 0 saturated carbocycles. The van der Waals surface area contributed by atoms with Gasteiger partial charge in [-0.25, -0.2) is 9.69 Å². The molecule has 42 heavy (non-hydrogen) atoms. The van der Waals surface area contributed by atoms with E-state index in [1.165, 1.54) is 4.90 Å². The van der Waals surface area contributed by atoms with Gasteiger partial charge in [-0.2, -0.15) is 0 Å². The molecule has 5 aromatic rings. The summed E-state index contributed by atoms with van der Waals surface area (Å²) in [6, 6.07) is 28.3. The lowest BCUT2D eigenvalue weighted by Gasteiger charge is -2.36. The van der Waals surface area contributed by atoms with Gasteiger partial charge in [0, 0.05) is 34.6 Å². The SMILES string of the molecule is Cc1ccccc1C1c2[nH]c3ccccc3c2C[C@H]2C(=O)N(c3ccccc3C(=O)NCc3ccccc3Cl)C(=O)N12. The lowest BCUT2D eigenvalue weighted by Crippen LogP contribution is -2.44. The number of aromatic amines is 1. The first-order valence-electron chi connectivity index (χ1n) is 13.9. The van der Waals surface area contributed by atoms with E-state index < -0.39 is 24.0 Å². The first-order chi connectivity index (χ1) is 20.4. The van der Waals surface area contributed by atoms with Crippen LogP contribution in [-0.4, -0.2) is 33.8 Å². The number of halogens is 1. The van der Waals surface area contributed by atoms with Gasteiger partial charge in [0.05, 0.1) is 11.3 Å². The highest BCUT2D eigenvalue weighted by Gasteiger charge is 2.53. The number of nitrogens with one attached hydrogen (secondary N) is 2. The number of nitrogens with zero attached hydrogens (tertiary/aromatic N) is 2. The van der Waals surface area contributed by atoms with E-state index in [9.17, 15) is 14.4 Å². The number of imide groups is 1. The van der Waals surface area contributed by atoms with Crippen molar-refractivity contribution >= 4 is 46.0 Å². The molecule has 0 aliphatic carbocycles. The molecule has 1 aromatic heterocycles. The number of aromatic nitrogens is 1. The maximum atomic E-state index is 14.3. The van der Waals surface area contributed by atoms with Crippen molar-refractivity contribution in [2.24, 2.45) is 0 Å². The number of rotatable bonds is 5. The number of para-hydroxylation sites is 2. The number of benzene rings is 4. The fraction of sp³-hybridized carbons (Fsp3) is 0.147. The summed E-state index contributed by atoms with van der Waals surface area (Å²) >= 11 is 6.28. The highest BCUT2D eigenvalue weighted by Crippen LogP contribution is 2.45. The van der Waals surface area contributed by atoms with Crippen LogP contribution >= 0.6 is 11.6 Å². The Kier molecular flexibility index (Phi) is 6.32. The van der Waals surface area contributed by atoms with Crippen LogP contribution in [0.15, 0.2) is 97.1 Å². The Morgan fingerprint density at radius 2 is 1.64 bits per heavy atom. The van der Waals surface area contributed by atoms with Crippen molar-refractivity contribution in [1.29, 1.82) is 0 Å². The normalized spacial score (nSPS) is 17.9. The van der Waals surface area contributed by atoms with E-state index in [1.54, 1.807) is 35.2 Å². The molecule has 7 rings (SSSR count). The largest absolute Gasteiger partial charge is 0.356 e. The predicted octanol–water partition coefficient (Wildman–Crippen LogP) is 6.54. The molecule has 8 heteroatoms. The Hall–Kier alpha value is -4.88. The predicted molar refractivity (Wildman–Crippen MR) is 163 cm³/mol. The summed E-state index contributed by atoms with van der Waals surface area (Å²) in [6.45, 7) is 2.22. The number of carbonyl (C=O) groups is 3. The second-order valence-corrected chi connectivity index (χ2v) is 11.1. The van der Waals surface area contributed by atoms with Gasteiger partial charge in [-0.1, -0.05) is 84.4 Å². The molecular weight excluding hydrogens is 548 g/mol. The van der Waals surface area contributed by atoms with E-state index in [4.69, 9.17) is 11.6 Å². The van der Waals surface area contributed by atoms with Crippen LogP contribution in [0.25, 0.3) is 10.9 Å².